The fourth-order valence-electron chi connectivity index (χ4n) is 2.51. The van der Waals surface area contributed by atoms with Gasteiger partial charge in [0.1, 0.15) is 0 Å². The molecule has 2 aromatic heterocycles. The molecule has 0 radical (unpaired) electrons. The first-order valence-electron chi connectivity index (χ1n) is 6.93. The van der Waals surface area contributed by atoms with E-state index in [1.165, 1.54) is 10.4 Å². The Bertz CT molecular complexity index is 517. The fraction of sp³-hybridized carbons (Fsp3) is 0.571. The topological polar surface area (TPSA) is 43.2 Å². The van der Waals surface area contributed by atoms with Gasteiger partial charge in [0, 0.05) is 36.9 Å². The highest BCUT2D eigenvalue weighted by Crippen LogP contribution is 2.16. The van der Waals surface area contributed by atoms with Crippen molar-refractivity contribution in [3.63, 3.8) is 0 Å². The number of morpholine rings is 1. The Morgan fingerprint density at radius 1 is 1.40 bits per heavy atom. The van der Waals surface area contributed by atoms with Crippen LogP contribution in [0.4, 0.5) is 0 Å². The molecule has 3 heterocycles. The molecule has 1 saturated heterocycles. The van der Waals surface area contributed by atoms with Crippen LogP contribution >= 0.6 is 11.3 Å². The van der Waals surface area contributed by atoms with Gasteiger partial charge >= 0.3 is 0 Å². The summed E-state index contributed by atoms with van der Waals surface area (Å²) in [6, 6.07) is 0. The number of aryl methyl sites for hydroxylation is 2. The van der Waals surface area contributed by atoms with Crippen LogP contribution in [0, 0.1) is 13.8 Å². The van der Waals surface area contributed by atoms with Crippen LogP contribution < -0.4 is 0 Å². The summed E-state index contributed by atoms with van der Waals surface area (Å²) in [5.41, 5.74) is 1.19. The minimum absolute atomic E-state index is 0.220. The maximum absolute atomic E-state index is 5.85. The van der Waals surface area contributed by atoms with Crippen LogP contribution in [0.1, 0.15) is 15.4 Å². The summed E-state index contributed by atoms with van der Waals surface area (Å²) in [5, 5.41) is 5.47. The maximum Gasteiger partial charge on any atom is 0.0898 e. The smallest absolute Gasteiger partial charge is 0.0898 e. The molecule has 0 N–H and O–H groups in total. The van der Waals surface area contributed by atoms with Crippen LogP contribution in [0.3, 0.4) is 0 Å². The van der Waals surface area contributed by atoms with Gasteiger partial charge in [-0.2, -0.15) is 5.10 Å². The Morgan fingerprint density at radius 2 is 2.30 bits per heavy atom. The van der Waals surface area contributed by atoms with E-state index in [1.54, 1.807) is 11.3 Å². The third-order valence-electron chi connectivity index (χ3n) is 3.42. The number of hydrogen-bond acceptors (Lipinski definition) is 5. The Morgan fingerprint density at radius 3 is 3.00 bits per heavy atom. The van der Waals surface area contributed by atoms with Crippen molar-refractivity contribution >= 4 is 11.3 Å². The summed E-state index contributed by atoms with van der Waals surface area (Å²) in [4.78, 5) is 8.09. The summed E-state index contributed by atoms with van der Waals surface area (Å²) in [6.45, 7) is 8.65. The van der Waals surface area contributed by atoms with E-state index in [4.69, 9.17) is 4.74 Å². The first-order valence-corrected chi connectivity index (χ1v) is 7.75. The lowest BCUT2D eigenvalue weighted by Crippen LogP contribution is -2.43. The molecule has 2 aromatic rings. The molecule has 0 spiro atoms. The predicted octanol–water partition coefficient (Wildman–Crippen LogP) is 1.86. The second-order valence-corrected chi connectivity index (χ2v) is 6.63. The Balaban J connectivity index is 1.56. The van der Waals surface area contributed by atoms with Crippen molar-refractivity contribution in [1.82, 2.24) is 19.7 Å². The molecule has 0 aromatic carbocycles. The lowest BCUT2D eigenvalue weighted by atomic mass is 10.2. The average Bonchev–Trinajstić information content (AvgIpc) is 2.99. The van der Waals surface area contributed by atoms with E-state index < -0.39 is 0 Å². The molecule has 3 rings (SSSR count). The van der Waals surface area contributed by atoms with Gasteiger partial charge in [0.15, 0.2) is 0 Å². The van der Waals surface area contributed by atoms with Crippen molar-refractivity contribution in [2.75, 3.05) is 19.7 Å². The highest BCUT2D eigenvalue weighted by molar-refractivity contribution is 7.11. The molecule has 5 nitrogen and oxygen atoms in total. The SMILES string of the molecule is Cc1cnn(CC2CN(Cc3cnc(C)s3)CCO2)c1. The molecule has 1 aliphatic heterocycles. The minimum Gasteiger partial charge on any atom is -0.374 e. The van der Waals surface area contributed by atoms with E-state index in [0.29, 0.717) is 0 Å². The zero-order valence-corrected chi connectivity index (χ0v) is 12.8. The number of ether oxygens (including phenoxy) is 1. The Labute approximate surface area is 123 Å². The molecule has 1 aliphatic rings. The van der Waals surface area contributed by atoms with Crippen molar-refractivity contribution < 1.29 is 4.74 Å². The normalized spacial score (nSPS) is 20.4. The standard InChI is InChI=1S/C14H20N4OS/c1-11-5-16-18(7-11)9-13-8-17(3-4-19-13)10-14-6-15-12(2)20-14/h5-7,13H,3-4,8-10H2,1-2H3. The van der Waals surface area contributed by atoms with E-state index in [2.05, 4.69) is 35.0 Å². The summed E-state index contributed by atoms with van der Waals surface area (Å²) >= 11 is 1.78. The second kappa shape index (κ2) is 6.03. The van der Waals surface area contributed by atoms with E-state index >= 15 is 0 Å². The number of aromatic nitrogens is 3. The summed E-state index contributed by atoms with van der Waals surface area (Å²) in [5.74, 6) is 0. The number of thiazole rings is 1. The van der Waals surface area contributed by atoms with Crippen molar-refractivity contribution in [3.05, 3.63) is 34.0 Å². The average molecular weight is 292 g/mol. The van der Waals surface area contributed by atoms with E-state index in [1.807, 2.05) is 17.1 Å². The van der Waals surface area contributed by atoms with E-state index in [0.717, 1.165) is 37.8 Å². The predicted molar refractivity (Wildman–Crippen MR) is 78.8 cm³/mol. The highest BCUT2D eigenvalue weighted by Gasteiger charge is 2.21. The number of nitrogens with zero attached hydrogens (tertiary/aromatic N) is 4. The van der Waals surface area contributed by atoms with E-state index in [9.17, 15) is 0 Å². The molecule has 1 fully saturated rings. The molecule has 0 amide bonds. The van der Waals surface area contributed by atoms with Crippen molar-refractivity contribution in [2.24, 2.45) is 0 Å². The minimum atomic E-state index is 0.220. The number of hydrogen-bond donors (Lipinski definition) is 0. The molecule has 0 aliphatic carbocycles. The van der Waals surface area contributed by atoms with Crippen LogP contribution in [0.25, 0.3) is 0 Å². The molecule has 20 heavy (non-hydrogen) atoms. The molecule has 0 saturated carbocycles. The Hall–Kier alpha value is -1.24. The molecule has 1 unspecified atom stereocenters. The molecular weight excluding hydrogens is 272 g/mol. The third-order valence-corrected chi connectivity index (χ3v) is 4.32. The lowest BCUT2D eigenvalue weighted by Gasteiger charge is -2.32. The van der Waals surface area contributed by atoms with E-state index in [-0.39, 0.29) is 6.10 Å². The fourth-order valence-corrected chi connectivity index (χ4v) is 3.35. The molecule has 108 valence electrons. The first-order chi connectivity index (χ1) is 9.69. The van der Waals surface area contributed by atoms with Crippen LogP contribution in [-0.4, -0.2) is 45.5 Å². The van der Waals surface area contributed by atoms with Gasteiger partial charge in [0.2, 0.25) is 0 Å². The van der Waals surface area contributed by atoms with Gasteiger partial charge < -0.3 is 4.74 Å². The lowest BCUT2D eigenvalue weighted by molar-refractivity contribution is -0.0399. The summed E-state index contributed by atoms with van der Waals surface area (Å²) in [7, 11) is 0. The van der Waals surface area contributed by atoms with Gasteiger partial charge in [-0.3, -0.25) is 9.58 Å². The van der Waals surface area contributed by atoms with Gasteiger partial charge in [0.05, 0.1) is 30.5 Å². The van der Waals surface area contributed by atoms with Gasteiger partial charge in [-0.25, -0.2) is 4.98 Å². The monoisotopic (exact) mass is 292 g/mol. The van der Waals surface area contributed by atoms with Crippen molar-refractivity contribution in [1.29, 1.82) is 0 Å². The zero-order valence-electron chi connectivity index (χ0n) is 12.0. The molecular formula is C14H20N4OS. The third kappa shape index (κ3) is 3.45. The van der Waals surface area contributed by atoms with Gasteiger partial charge in [-0.05, 0) is 19.4 Å². The highest BCUT2D eigenvalue weighted by atomic mass is 32.1. The quantitative estimate of drug-likeness (QED) is 0.862. The molecule has 6 heteroatoms. The zero-order chi connectivity index (χ0) is 13.9. The van der Waals surface area contributed by atoms with Crippen LogP contribution in [0.5, 0.6) is 0 Å². The number of rotatable bonds is 4. The van der Waals surface area contributed by atoms with Gasteiger partial charge in [0.25, 0.3) is 0 Å². The first kappa shape index (κ1) is 13.7. The van der Waals surface area contributed by atoms with Gasteiger partial charge in [-0.1, -0.05) is 0 Å². The summed E-state index contributed by atoms with van der Waals surface area (Å²) in [6.07, 6.45) is 6.16. The largest absolute Gasteiger partial charge is 0.374 e. The molecule has 1 atom stereocenters. The van der Waals surface area contributed by atoms with Crippen LogP contribution in [-0.2, 0) is 17.8 Å². The molecule has 0 bridgehead atoms. The summed E-state index contributed by atoms with van der Waals surface area (Å²) < 4.78 is 7.82. The van der Waals surface area contributed by atoms with Crippen molar-refractivity contribution in [2.45, 2.75) is 33.0 Å². The second-order valence-electron chi connectivity index (χ2n) is 5.31. The Kier molecular flexibility index (Phi) is 4.14. The van der Waals surface area contributed by atoms with Crippen LogP contribution in [0.2, 0.25) is 0 Å². The van der Waals surface area contributed by atoms with Crippen LogP contribution in [0.15, 0.2) is 18.6 Å². The van der Waals surface area contributed by atoms with Gasteiger partial charge in [-0.15, -0.1) is 11.3 Å². The maximum atomic E-state index is 5.85. The van der Waals surface area contributed by atoms with Crippen molar-refractivity contribution in [3.8, 4) is 0 Å².